The van der Waals surface area contributed by atoms with Crippen molar-refractivity contribution in [1.29, 1.82) is 0 Å². The van der Waals surface area contributed by atoms with Gasteiger partial charge in [-0.25, -0.2) is 4.98 Å². The molecule has 0 N–H and O–H groups in total. The van der Waals surface area contributed by atoms with Crippen molar-refractivity contribution in [2.24, 2.45) is 5.92 Å². The summed E-state index contributed by atoms with van der Waals surface area (Å²) in [7, 11) is 0. The van der Waals surface area contributed by atoms with E-state index in [0.717, 1.165) is 30.4 Å². The highest BCUT2D eigenvalue weighted by Gasteiger charge is 2.24. The lowest BCUT2D eigenvalue weighted by atomic mass is 9.96. The second-order valence-electron chi connectivity index (χ2n) is 5.71. The highest BCUT2D eigenvalue weighted by Crippen LogP contribution is 2.31. The third-order valence-electron chi connectivity index (χ3n) is 4.31. The predicted molar refractivity (Wildman–Crippen MR) is 83.1 cm³/mol. The molecule has 4 nitrogen and oxygen atoms in total. The lowest BCUT2D eigenvalue weighted by molar-refractivity contribution is 0.112. The van der Waals surface area contributed by atoms with Crippen molar-refractivity contribution in [2.45, 2.75) is 25.7 Å². The van der Waals surface area contributed by atoms with Gasteiger partial charge in [0.05, 0.1) is 0 Å². The molecule has 2 aliphatic rings. The maximum absolute atomic E-state index is 10.8. The first kappa shape index (κ1) is 14.3. The third kappa shape index (κ3) is 3.15. The first-order valence-corrected chi connectivity index (χ1v) is 8.54. The molecule has 0 spiro atoms. The summed E-state index contributed by atoms with van der Waals surface area (Å²) < 4.78 is 0. The van der Waals surface area contributed by atoms with E-state index in [1.807, 2.05) is 0 Å². The molecule has 0 aromatic carbocycles. The van der Waals surface area contributed by atoms with E-state index in [-0.39, 0.29) is 0 Å². The molecule has 0 radical (unpaired) electrons. The zero-order valence-electron chi connectivity index (χ0n) is 11.6. The lowest BCUT2D eigenvalue weighted by Crippen LogP contribution is -2.38. The van der Waals surface area contributed by atoms with Crippen molar-refractivity contribution in [2.75, 3.05) is 37.6 Å². The molecule has 0 bridgehead atoms. The highest BCUT2D eigenvalue weighted by atomic mass is 35.5. The number of halogens is 1. The van der Waals surface area contributed by atoms with Crippen molar-refractivity contribution >= 4 is 34.4 Å². The van der Waals surface area contributed by atoms with Gasteiger partial charge in [0, 0.05) is 19.6 Å². The molecular formula is C14H20ClN3OS. The summed E-state index contributed by atoms with van der Waals surface area (Å²) in [5, 5.41) is 1.25. The molecule has 0 aliphatic carbocycles. The van der Waals surface area contributed by atoms with Crippen LogP contribution >= 0.6 is 22.9 Å². The number of carbonyl (C=O) groups excluding carboxylic acids is 1. The standard InChI is InChI=1S/C14H20ClN3OS/c15-13-12(10-19)20-14(16-13)18-7-3-11(4-8-18)9-17-5-1-2-6-17/h10-11H,1-9H2. The van der Waals surface area contributed by atoms with Gasteiger partial charge in [-0.15, -0.1) is 0 Å². The molecule has 2 fully saturated rings. The minimum absolute atomic E-state index is 0.346. The number of nitrogens with zero attached hydrogens (tertiary/aromatic N) is 3. The molecule has 2 saturated heterocycles. The Balaban J connectivity index is 1.53. The van der Waals surface area contributed by atoms with Gasteiger partial charge in [-0.2, -0.15) is 0 Å². The molecule has 20 heavy (non-hydrogen) atoms. The first-order chi connectivity index (χ1) is 9.76. The second kappa shape index (κ2) is 6.41. The number of thiazole rings is 1. The summed E-state index contributed by atoms with van der Waals surface area (Å²) in [5.41, 5.74) is 0. The Kier molecular flexibility index (Phi) is 4.58. The third-order valence-corrected chi connectivity index (χ3v) is 5.75. The van der Waals surface area contributed by atoms with Gasteiger partial charge in [0.25, 0.3) is 0 Å². The fourth-order valence-electron chi connectivity index (χ4n) is 3.15. The van der Waals surface area contributed by atoms with Gasteiger partial charge in [-0.3, -0.25) is 4.79 Å². The molecular weight excluding hydrogens is 294 g/mol. The highest BCUT2D eigenvalue weighted by molar-refractivity contribution is 7.17. The fourth-order valence-corrected chi connectivity index (χ4v) is 4.26. The van der Waals surface area contributed by atoms with E-state index in [0.29, 0.717) is 10.0 Å². The predicted octanol–water partition coefficient (Wildman–Crippen LogP) is 2.92. The van der Waals surface area contributed by atoms with E-state index in [4.69, 9.17) is 11.6 Å². The summed E-state index contributed by atoms with van der Waals surface area (Å²) >= 11 is 7.35. The van der Waals surface area contributed by atoms with Crippen LogP contribution in [-0.4, -0.2) is 48.9 Å². The van der Waals surface area contributed by atoms with Gasteiger partial charge in [-0.1, -0.05) is 22.9 Å². The van der Waals surface area contributed by atoms with Crippen molar-refractivity contribution in [3.8, 4) is 0 Å². The molecule has 0 unspecified atom stereocenters. The second-order valence-corrected chi connectivity index (χ2v) is 7.07. The Morgan fingerprint density at radius 2 is 1.95 bits per heavy atom. The smallest absolute Gasteiger partial charge is 0.187 e. The van der Waals surface area contributed by atoms with Crippen molar-refractivity contribution in [3.63, 3.8) is 0 Å². The van der Waals surface area contributed by atoms with Crippen LogP contribution in [0.1, 0.15) is 35.4 Å². The van der Waals surface area contributed by atoms with Crippen LogP contribution in [0.4, 0.5) is 5.13 Å². The summed E-state index contributed by atoms with van der Waals surface area (Å²) in [6.07, 6.45) is 5.95. The number of aldehydes is 1. The van der Waals surface area contributed by atoms with E-state index < -0.39 is 0 Å². The van der Waals surface area contributed by atoms with E-state index >= 15 is 0 Å². The monoisotopic (exact) mass is 313 g/mol. The number of piperidine rings is 1. The number of hydrogen-bond donors (Lipinski definition) is 0. The average molecular weight is 314 g/mol. The van der Waals surface area contributed by atoms with Crippen LogP contribution in [0, 0.1) is 5.92 Å². The van der Waals surface area contributed by atoms with Crippen molar-refractivity contribution in [1.82, 2.24) is 9.88 Å². The average Bonchev–Trinajstić information content (AvgIpc) is 3.09. The lowest BCUT2D eigenvalue weighted by Gasteiger charge is -2.33. The normalized spacial score (nSPS) is 21.6. The van der Waals surface area contributed by atoms with E-state index in [1.54, 1.807) is 0 Å². The Labute approximate surface area is 128 Å². The minimum atomic E-state index is 0.346. The van der Waals surface area contributed by atoms with E-state index in [2.05, 4.69) is 14.8 Å². The molecule has 0 amide bonds. The largest absolute Gasteiger partial charge is 0.348 e. The van der Waals surface area contributed by atoms with Crippen LogP contribution in [-0.2, 0) is 0 Å². The summed E-state index contributed by atoms with van der Waals surface area (Å²) in [6, 6.07) is 0. The van der Waals surface area contributed by atoms with Gasteiger partial charge in [0.15, 0.2) is 16.6 Å². The number of aromatic nitrogens is 1. The summed E-state index contributed by atoms with van der Waals surface area (Å²) in [6.45, 7) is 5.88. The number of likely N-dealkylation sites (tertiary alicyclic amines) is 1. The first-order valence-electron chi connectivity index (χ1n) is 7.35. The van der Waals surface area contributed by atoms with Crippen LogP contribution in [0.2, 0.25) is 5.15 Å². The molecule has 0 saturated carbocycles. The number of carbonyl (C=O) groups is 1. The molecule has 2 aliphatic heterocycles. The van der Waals surface area contributed by atoms with Crippen LogP contribution in [0.15, 0.2) is 0 Å². The Morgan fingerprint density at radius 3 is 2.55 bits per heavy atom. The van der Waals surface area contributed by atoms with Gasteiger partial charge in [0.1, 0.15) is 4.88 Å². The zero-order chi connectivity index (χ0) is 13.9. The SMILES string of the molecule is O=Cc1sc(N2CCC(CN3CCCC3)CC2)nc1Cl. The molecule has 110 valence electrons. The molecule has 3 heterocycles. The van der Waals surface area contributed by atoms with Gasteiger partial charge >= 0.3 is 0 Å². The van der Waals surface area contributed by atoms with Crippen molar-refractivity contribution in [3.05, 3.63) is 10.0 Å². The zero-order valence-corrected chi connectivity index (χ0v) is 13.1. The van der Waals surface area contributed by atoms with Crippen LogP contribution in [0.25, 0.3) is 0 Å². The molecule has 3 rings (SSSR count). The maximum atomic E-state index is 10.8. The minimum Gasteiger partial charge on any atom is -0.348 e. The molecule has 1 aromatic rings. The van der Waals surface area contributed by atoms with Crippen molar-refractivity contribution < 1.29 is 4.79 Å². The molecule has 1 aromatic heterocycles. The van der Waals surface area contributed by atoms with Gasteiger partial charge in [-0.05, 0) is 44.7 Å². The number of hydrogen-bond acceptors (Lipinski definition) is 5. The van der Waals surface area contributed by atoms with Crippen LogP contribution in [0.3, 0.4) is 0 Å². The Morgan fingerprint density at radius 1 is 1.25 bits per heavy atom. The maximum Gasteiger partial charge on any atom is 0.187 e. The quantitative estimate of drug-likeness (QED) is 0.801. The van der Waals surface area contributed by atoms with E-state index in [9.17, 15) is 4.79 Å². The number of rotatable bonds is 4. The van der Waals surface area contributed by atoms with Gasteiger partial charge < -0.3 is 9.80 Å². The molecule has 6 heteroatoms. The van der Waals surface area contributed by atoms with E-state index in [1.165, 1.54) is 56.7 Å². The summed E-state index contributed by atoms with van der Waals surface area (Å²) in [5.74, 6) is 0.810. The molecule has 0 atom stereocenters. The fraction of sp³-hybridized carbons (Fsp3) is 0.714. The Bertz CT molecular complexity index is 465. The Hall–Kier alpha value is -0.650. The summed E-state index contributed by atoms with van der Waals surface area (Å²) in [4.78, 5) is 20.5. The number of anilines is 1. The van der Waals surface area contributed by atoms with Crippen LogP contribution in [0.5, 0.6) is 0 Å². The topological polar surface area (TPSA) is 36.4 Å². The van der Waals surface area contributed by atoms with Gasteiger partial charge in [0.2, 0.25) is 0 Å². The van der Waals surface area contributed by atoms with Crippen LogP contribution < -0.4 is 4.90 Å².